The van der Waals surface area contributed by atoms with Crippen LogP contribution in [0.5, 0.6) is 5.75 Å². The van der Waals surface area contributed by atoms with E-state index in [1.807, 2.05) is 24.3 Å². The number of nitrogens with zero attached hydrogens (tertiary/aromatic N) is 2. The SMILES string of the molecule is CCCCCNC(=O)c1snnc1-c1cccc(OC)c1. The number of unbranched alkanes of at least 4 members (excludes halogenated alkanes) is 2. The highest BCUT2D eigenvalue weighted by Crippen LogP contribution is 2.26. The van der Waals surface area contributed by atoms with Crippen LogP contribution >= 0.6 is 11.5 Å². The summed E-state index contributed by atoms with van der Waals surface area (Å²) in [6, 6.07) is 7.47. The van der Waals surface area contributed by atoms with Crippen LogP contribution in [-0.4, -0.2) is 29.1 Å². The average molecular weight is 305 g/mol. The van der Waals surface area contributed by atoms with Crippen LogP contribution in [0.25, 0.3) is 11.3 Å². The molecule has 1 aromatic carbocycles. The normalized spacial score (nSPS) is 10.4. The molecule has 1 aromatic heterocycles. The minimum Gasteiger partial charge on any atom is -0.497 e. The van der Waals surface area contributed by atoms with Gasteiger partial charge in [-0.05, 0) is 30.1 Å². The highest BCUT2D eigenvalue weighted by molar-refractivity contribution is 7.08. The molecule has 0 atom stereocenters. The Morgan fingerprint density at radius 2 is 2.24 bits per heavy atom. The molecule has 112 valence electrons. The number of hydrogen-bond acceptors (Lipinski definition) is 5. The van der Waals surface area contributed by atoms with Gasteiger partial charge in [0.2, 0.25) is 0 Å². The number of carbonyl (C=O) groups excluding carboxylic acids is 1. The number of hydrogen-bond donors (Lipinski definition) is 1. The molecule has 0 radical (unpaired) electrons. The number of ether oxygens (including phenoxy) is 1. The number of aromatic nitrogens is 2. The fourth-order valence-corrected chi connectivity index (χ4v) is 2.56. The molecule has 1 N–H and O–H groups in total. The van der Waals surface area contributed by atoms with Gasteiger partial charge in [0, 0.05) is 12.1 Å². The van der Waals surface area contributed by atoms with Gasteiger partial charge in [-0.15, -0.1) is 5.10 Å². The molecule has 0 fully saturated rings. The molecule has 0 aliphatic carbocycles. The first-order valence-electron chi connectivity index (χ1n) is 7.01. The maximum atomic E-state index is 12.2. The second-order valence-corrected chi connectivity index (χ2v) is 5.40. The Labute approximate surface area is 128 Å². The van der Waals surface area contributed by atoms with Crippen LogP contribution in [0.1, 0.15) is 35.9 Å². The van der Waals surface area contributed by atoms with E-state index in [4.69, 9.17) is 4.74 Å². The number of nitrogens with one attached hydrogen (secondary N) is 1. The number of carbonyl (C=O) groups is 1. The molecule has 5 nitrogen and oxygen atoms in total. The summed E-state index contributed by atoms with van der Waals surface area (Å²) in [6.45, 7) is 2.82. The molecule has 0 saturated heterocycles. The van der Waals surface area contributed by atoms with Gasteiger partial charge in [-0.25, -0.2) is 0 Å². The molecule has 0 spiro atoms. The quantitative estimate of drug-likeness (QED) is 0.798. The summed E-state index contributed by atoms with van der Waals surface area (Å²) in [6.07, 6.45) is 3.24. The van der Waals surface area contributed by atoms with Crippen molar-refractivity contribution in [2.24, 2.45) is 0 Å². The Morgan fingerprint density at radius 3 is 3.00 bits per heavy atom. The predicted molar refractivity (Wildman–Crippen MR) is 83.8 cm³/mol. The largest absolute Gasteiger partial charge is 0.497 e. The molecule has 6 heteroatoms. The van der Waals surface area contributed by atoms with Crippen molar-refractivity contribution in [3.05, 3.63) is 29.1 Å². The molecule has 2 rings (SSSR count). The van der Waals surface area contributed by atoms with E-state index in [9.17, 15) is 4.79 Å². The van der Waals surface area contributed by atoms with Crippen LogP contribution in [0.15, 0.2) is 24.3 Å². The Morgan fingerprint density at radius 1 is 1.38 bits per heavy atom. The van der Waals surface area contributed by atoms with Gasteiger partial charge in [0.1, 0.15) is 16.3 Å². The number of benzene rings is 1. The molecule has 21 heavy (non-hydrogen) atoms. The summed E-state index contributed by atoms with van der Waals surface area (Å²) >= 11 is 1.12. The zero-order valence-corrected chi connectivity index (χ0v) is 13.1. The third-order valence-electron chi connectivity index (χ3n) is 3.10. The van der Waals surface area contributed by atoms with E-state index in [0.29, 0.717) is 17.1 Å². The van der Waals surface area contributed by atoms with E-state index in [-0.39, 0.29) is 5.91 Å². The maximum absolute atomic E-state index is 12.2. The van der Waals surface area contributed by atoms with Crippen LogP contribution < -0.4 is 10.1 Å². The second kappa shape index (κ2) is 7.73. The molecular formula is C15H19N3O2S. The van der Waals surface area contributed by atoms with Crippen molar-refractivity contribution in [3.8, 4) is 17.0 Å². The van der Waals surface area contributed by atoms with Crippen molar-refractivity contribution in [1.29, 1.82) is 0 Å². The lowest BCUT2D eigenvalue weighted by Crippen LogP contribution is -2.24. The first-order chi connectivity index (χ1) is 10.3. The Hall–Kier alpha value is -1.95. The van der Waals surface area contributed by atoms with Crippen LogP contribution in [0.4, 0.5) is 0 Å². The Kier molecular flexibility index (Phi) is 5.68. The van der Waals surface area contributed by atoms with Gasteiger partial charge in [-0.3, -0.25) is 4.79 Å². The van der Waals surface area contributed by atoms with Gasteiger partial charge >= 0.3 is 0 Å². The molecule has 0 bridgehead atoms. The second-order valence-electron chi connectivity index (χ2n) is 4.65. The van der Waals surface area contributed by atoms with E-state index in [1.54, 1.807) is 7.11 Å². The third kappa shape index (κ3) is 4.01. The zero-order valence-electron chi connectivity index (χ0n) is 12.3. The van der Waals surface area contributed by atoms with Crippen molar-refractivity contribution in [2.75, 3.05) is 13.7 Å². The summed E-state index contributed by atoms with van der Waals surface area (Å²) in [4.78, 5) is 12.7. The van der Waals surface area contributed by atoms with Crippen molar-refractivity contribution < 1.29 is 9.53 Å². The first kappa shape index (κ1) is 15.4. The minimum absolute atomic E-state index is 0.112. The minimum atomic E-state index is -0.112. The molecule has 1 heterocycles. The lowest BCUT2D eigenvalue weighted by atomic mass is 10.1. The smallest absolute Gasteiger partial charge is 0.265 e. The summed E-state index contributed by atoms with van der Waals surface area (Å²) in [5.41, 5.74) is 1.44. The first-order valence-corrected chi connectivity index (χ1v) is 7.78. The summed E-state index contributed by atoms with van der Waals surface area (Å²) < 4.78 is 9.11. The molecular weight excluding hydrogens is 286 g/mol. The molecule has 0 aliphatic heterocycles. The zero-order chi connectivity index (χ0) is 15.1. The van der Waals surface area contributed by atoms with Gasteiger partial charge in [0.25, 0.3) is 5.91 Å². The summed E-state index contributed by atoms with van der Waals surface area (Å²) in [5.74, 6) is 0.619. The van der Waals surface area contributed by atoms with Gasteiger partial charge in [0.15, 0.2) is 0 Å². The van der Waals surface area contributed by atoms with Crippen molar-refractivity contribution >= 4 is 17.4 Å². The Bertz CT molecular complexity index is 598. The van der Waals surface area contributed by atoms with Crippen molar-refractivity contribution in [2.45, 2.75) is 26.2 Å². The number of methoxy groups -OCH3 is 1. The Balaban J connectivity index is 2.12. The summed E-state index contributed by atoms with van der Waals surface area (Å²) in [7, 11) is 1.61. The van der Waals surface area contributed by atoms with Crippen LogP contribution in [0.2, 0.25) is 0 Å². The lowest BCUT2D eigenvalue weighted by molar-refractivity contribution is 0.0957. The standard InChI is InChI=1S/C15H19N3O2S/c1-3-4-5-9-16-15(19)14-13(17-18-21-14)11-7-6-8-12(10-11)20-2/h6-8,10H,3-5,9H2,1-2H3,(H,16,19). The highest BCUT2D eigenvalue weighted by Gasteiger charge is 2.17. The van der Waals surface area contributed by atoms with Crippen LogP contribution in [-0.2, 0) is 0 Å². The molecule has 1 amide bonds. The molecule has 2 aromatic rings. The van der Waals surface area contributed by atoms with E-state index in [0.717, 1.165) is 42.1 Å². The number of rotatable bonds is 7. The summed E-state index contributed by atoms with van der Waals surface area (Å²) in [5, 5.41) is 7.00. The topological polar surface area (TPSA) is 64.1 Å². The predicted octanol–water partition coefficient (Wildman–Crippen LogP) is 3.13. The van der Waals surface area contributed by atoms with Crippen molar-refractivity contribution in [1.82, 2.24) is 14.9 Å². The third-order valence-corrected chi connectivity index (χ3v) is 3.83. The van der Waals surface area contributed by atoms with Gasteiger partial charge < -0.3 is 10.1 Å². The molecule has 0 unspecified atom stereocenters. The van der Waals surface area contributed by atoms with Gasteiger partial charge in [-0.1, -0.05) is 36.4 Å². The lowest BCUT2D eigenvalue weighted by Gasteiger charge is -2.05. The van der Waals surface area contributed by atoms with Gasteiger partial charge in [0.05, 0.1) is 7.11 Å². The van der Waals surface area contributed by atoms with E-state index in [1.165, 1.54) is 0 Å². The van der Waals surface area contributed by atoms with Crippen LogP contribution in [0, 0.1) is 0 Å². The molecule has 0 aliphatic rings. The fourth-order valence-electron chi connectivity index (χ4n) is 1.96. The van der Waals surface area contributed by atoms with E-state index in [2.05, 4.69) is 21.8 Å². The van der Waals surface area contributed by atoms with Crippen LogP contribution in [0.3, 0.4) is 0 Å². The van der Waals surface area contributed by atoms with Crippen molar-refractivity contribution in [3.63, 3.8) is 0 Å². The van der Waals surface area contributed by atoms with E-state index < -0.39 is 0 Å². The fraction of sp³-hybridized carbons (Fsp3) is 0.400. The molecule has 0 saturated carbocycles. The maximum Gasteiger partial charge on any atom is 0.265 e. The van der Waals surface area contributed by atoms with E-state index >= 15 is 0 Å². The monoisotopic (exact) mass is 305 g/mol. The average Bonchev–Trinajstić information content (AvgIpc) is 3.01. The highest BCUT2D eigenvalue weighted by atomic mass is 32.1. The number of amides is 1. The van der Waals surface area contributed by atoms with Gasteiger partial charge in [-0.2, -0.15) is 0 Å².